The van der Waals surface area contributed by atoms with Crippen molar-refractivity contribution in [1.82, 2.24) is 10.6 Å². The van der Waals surface area contributed by atoms with Gasteiger partial charge in [-0.1, -0.05) is 12.8 Å². The molecule has 6 heteroatoms. The Labute approximate surface area is 148 Å². The van der Waals surface area contributed by atoms with Crippen molar-refractivity contribution < 1.29 is 19.1 Å². The minimum Gasteiger partial charge on any atom is -0.455 e. The molecule has 0 aliphatic heterocycles. The van der Waals surface area contributed by atoms with E-state index in [1.54, 1.807) is 0 Å². The number of carbonyl (C=O) groups excluding carboxylic acids is 3. The average Bonchev–Trinajstić information content (AvgIpc) is 3.04. The fourth-order valence-corrected chi connectivity index (χ4v) is 6.10. The van der Waals surface area contributed by atoms with Crippen molar-refractivity contribution >= 4 is 17.9 Å². The number of ether oxygens (including phenoxy) is 1. The summed E-state index contributed by atoms with van der Waals surface area (Å²) in [5.74, 6) is 1.20. The molecule has 3 amide bonds. The van der Waals surface area contributed by atoms with Crippen LogP contribution >= 0.6 is 0 Å². The molecule has 5 rings (SSSR count). The third-order valence-electron chi connectivity index (χ3n) is 6.75. The molecule has 5 aliphatic carbocycles. The number of esters is 1. The largest absolute Gasteiger partial charge is 0.455 e. The van der Waals surface area contributed by atoms with Crippen LogP contribution in [0.25, 0.3) is 0 Å². The summed E-state index contributed by atoms with van der Waals surface area (Å²) < 4.78 is 5.33. The number of urea groups is 1. The van der Waals surface area contributed by atoms with Crippen molar-refractivity contribution in [1.29, 1.82) is 0 Å². The Balaban J connectivity index is 1.24. The summed E-state index contributed by atoms with van der Waals surface area (Å²) in [4.78, 5) is 36.4. The van der Waals surface area contributed by atoms with E-state index in [0.29, 0.717) is 17.8 Å². The van der Waals surface area contributed by atoms with Crippen LogP contribution in [0, 0.1) is 23.2 Å². The van der Waals surface area contributed by atoms with E-state index in [9.17, 15) is 14.4 Å². The maximum Gasteiger partial charge on any atom is 0.321 e. The monoisotopic (exact) mass is 348 g/mol. The lowest BCUT2D eigenvalue weighted by atomic mass is 9.49. The van der Waals surface area contributed by atoms with Gasteiger partial charge in [0.2, 0.25) is 0 Å². The van der Waals surface area contributed by atoms with E-state index in [4.69, 9.17) is 4.74 Å². The fourth-order valence-electron chi connectivity index (χ4n) is 6.10. The van der Waals surface area contributed by atoms with E-state index in [1.165, 1.54) is 19.3 Å². The van der Waals surface area contributed by atoms with Crippen molar-refractivity contribution in [3.05, 3.63) is 0 Å². The third-order valence-corrected chi connectivity index (χ3v) is 6.75. The van der Waals surface area contributed by atoms with Crippen LogP contribution in [-0.2, 0) is 14.3 Å². The Morgan fingerprint density at radius 1 is 0.920 bits per heavy atom. The van der Waals surface area contributed by atoms with E-state index < -0.39 is 11.9 Å². The minimum absolute atomic E-state index is 0.155. The van der Waals surface area contributed by atoms with Crippen molar-refractivity contribution in [2.75, 3.05) is 6.61 Å². The van der Waals surface area contributed by atoms with E-state index >= 15 is 0 Å². The molecule has 0 heterocycles. The van der Waals surface area contributed by atoms with E-state index in [2.05, 4.69) is 10.6 Å². The molecule has 0 radical (unpaired) electrons. The molecule has 138 valence electrons. The highest BCUT2D eigenvalue weighted by atomic mass is 16.5. The number of imide groups is 1. The summed E-state index contributed by atoms with van der Waals surface area (Å²) in [6.07, 6.45) is 10.7. The van der Waals surface area contributed by atoms with Crippen molar-refractivity contribution in [3.63, 3.8) is 0 Å². The smallest absolute Gasteiger partial charge is 0.321 e. The molecule has 0 spiro atoms. The summed E-state index contributed by atoms with van der Waals surface area (Å²) in [5.41, 5.74) is -0.360. The zero-order valence-electron chi connectivity index (χ0n) is 14.7. The van der Waals surface area contributed by atoms with Crippen LogP contribution in [0.1, 0.15) is 64.2 Å². The van der Waals surface area contributed by atoms with Crippen LogP contribution in [0.2, 0.25) is 0 Å². The molecule has 2 N–H and O–H groups in total. The van der Waals surface area contributed by atoms with Crippen LogP contribution in [-0.4, -0.2) is 30.6 Å². The van der Waals surface area contributed by atoms with Gasteiger partial charge >= 0.3 is 12.0 Å². The van der Waals surface area contributed by atoms with Gasteiger partial charge in [0, 0.05) is 6.04 Å². The number of carbonyl (C=O) groups is 3. The third kappa shape index (κ3) is 3.53. The average molecular weight is 348 g/mol. The van der Waals surface area contributed by atoms with Gasteiger partial charge in [-0.3, -0.25) is 14.9 Å². The summed E-state index contributed by atoms with van der Waals surface area (Å²) in [5, 5.41) is 5.06. The summed E-state index contributed by atoms with van der Waals surface area (Å²) in [6, 6.07) is -0.329. The summed E-state index contributed by atoms with van der Waals surface area (Å²) in [6.45, 7) is -0.362. The van der Waals surface area contributed by atoms with Gasteiger partial charge in [-0.05, 0) is 69.1 Å². The van der Waals surface area contributed by atoms with Gasteiger partial charge in [0.05, 0.1) is 5.41 Å². The molecular formula is C19H28N2O4. The zero-order valence-corrected chi connectivity index (χ0v) is 14.7. The molecule has 6 nitrogen and oxygen atoms in total. The van der Waals surface area contributed by atoms with Crippen LogP contribution in [0.4, 0.5) is 4.79 Å². The van der Waals surface area contributed by atoms with E-state index in [0.717, 1.165) is 44.9 Å². The highest BCUT2D eigenvalue weighted by molar-refractivity contribution is 5.95. The Kier molecular flexibility index (Phi) is 4.46. The molecule has 5 aliphatic rings. The van der Waals surface area contributed by atoms with Gasteiger partial charge in [-0.25, -0.2) is 4.79 Å². The highest BCUT2D eigenvalue weighted by Gasteiger charge is 2.55. The van der Waals surface area contributed by atoms with Gasteiger partial charge in [-0.2, -0.15) is 0 Å². The fraction of sp³-hybridized carbons (Fsp3) is 0.842. The second-order valence-electron chi connectivity index (χ2n) is 8.78. The van der Waals surface area contributed by atoms with Crippen molar-refractivity contribution in [3.8, 4) is 0 Å². The quantitative estimate of drug-likeness (QED) is 0.765. The molecular weight excluding hydrogens is 320 g/mol. The predicted molar refractivity (Wildman–Crippen MR) is 90.5 cm³/mol. The maximum atomic E-state index is 12.7. The van der Waals surface area contributed by atoms with Crippen molar-refractivity contribution in [2.45, 2.75) is 70.3 Å². The number of amides is 3. The molecule has 25 heavy (non-hydrogen) atoms. The SMILES string of the molecule is O=C(COC(=O)C12CC3CC(CC(C3)C1)C2)NC(=O)NC1CCCC1. The predicted octanol–water partition coefficient (Wildman–Crippen LogP) is 2.51. The molecule has 0 atom stereocenters. The lowest BCUT2D eigenvalue weighted by Gasteiger charge is -2.55. The molecule has 0 aromatic carbocycles. The normalized spacial score (nSPS) is 36.2. The molecule has 0 aromatic heterocycles. The van der Waals surface area contributed by atoms with Gasteiger partial charge < -0.3 is 10.1 Å². The molecule has 5 fully saturated rings. The lowest BCUT2D eigenvalue weighted by molar-refractivity contribution is -0.173. The number of rotatable bonds is 4. The topological polar surface area (TPSA) is 84.5 Å². The molecule has 4 bridgehead atoms. The molecule has 0 aromatic rings. The summed E-state index contributed by atoms with van der Waals surface area (Å²) >= 11 is 0. The number of hydrogen-bond donors (Lipinski definition) is 2. The lowest BCUT2D eigenvalue weighted by Crippen LogP contribution is -2.51. The standard InChI is InChI=1S/C19H28N2O4/c22-16(21-18(24)20-15-3-1-2-4-15)11-25-17(23)19-8-12-5-13(9-19)7-14(6-12)10-19/h12-15H,1-11H2,(H2,20,21,22,24). The van der Waals surface area contributed by atoms with Crippen LogP contribution < -0.4 is 10.6 Å². The van der Waals surface area contributed by atoms with Gasteiger partial charge in [-0.15, -0.1) is 0 Å². The Bertz CT molecular complexity index is 532. The Morgan fingerprint density at radius 3 is 2.04 bits per heavy atom. The molecule has 0 unspecified atom stereocenters. The van der Waals surface area contributed by atoms with Gasteiger partial charge in [0.1, 0.15) is 0 Å². The molecule has 5 saturated carbocycles. The van der Waals surface area contributed by atoms with Gasteiger partial charge in [0.15, 0.2) is 6.61 Å². The van der Waals surface area contributed by atoms with Crippen LogP contribution in [0.15, 0.2) is 0 Å². The first-order valence-electron chi connectivity index (χ1n) is 9.80. The van der Waals surface area contributed by atoms with Crippen molar-refractivity contribution in [2.24, 2.45) is 23.2 Å². The van der Waals surface area contributed by atoms with Crippen LogP contribution in [0.3, 0.4) is 0 Å². The second-order valence-corrected chi connectivity index (χ2v) is 8.78. The zero-order chi connectivity index (χ0) is 17.4. The minimum atomic E-state index is -0.548. The first-order valence-corrected chi connectivity index (χ1v) is 9.80. The summed E-state index contributed by atoms with van der Waals surface area (Å²) in [7, 11) is 0. The van der Waals surface area contributed by atoms with E-state index in [1.807, 2.05) is 0 Å². The van der Waals surface area contributed by atoms with Gasteiger partial charge in [0.25, 0.3) is 5.91 Å². The van der Waals surface area contributed by atoms with Crippen LogP contribution in [0.5, 0.6) is 0 Å². The number of hydrogen-bond acceptors (Lipinski definition) is 4. The first kappa shape index (κ1) is 16.9. The first-order chi connectivity index (χ1) is 12.0. The number of nitrogens with one attached hydrogen (secondary N) is 2. The Morgan fingerprint density at radius 2 is 1.48 bits per heavy atom. The Hall–Kier alpha value is -1.59. The second kappa shape index (κ2) is 6.61. The highest BCUT2D eigenvalue weighted by Crippen LogP contribution is 2.60. The van der Waals surface area contributed by atoms with E-state index in [-0.39, 0.29) is 24.0 Å². The molecule has 0 saturated heterocycles. The maximum absolute atomic E-state index is 12.7.